The summed E-state index contributed by atoms with van der Waals surface area (Å²) in [4.78, 5) is 27.1. The zero-order valence-electron chi connectivity index (χ0n) is 16.8. The Kier molecular flexibility index (Phi) is 6.94. The van der Waals surface area contributed by atoms with Gasteiger partial charge in [0.25, 0.3) is 11.8 Å². The van der Waals surface area contributed by atoms with Crippen molar-refractivity contribution in [2.75, 3.05) is 39.2 Å². The first-order valence-electron chi connectivity index (χ1n) is 9.64. The highest BCUT2D eigenvalue weighted by Gasteiger charge is 2.21. The Morgan fingerprint density at radius 3 is 2.21 bits per heavy atom. The highest BCUT2D eigenvalue weighted by atomic mass is 16.5. The van der Waals surface area contributed by atoms with Crippen LogP contribution in [0.3, 0.4) is 0 Å². The fourth-order valence-corrected chi connectivity index (χ4v) is 3.25. The molecule has 29 heavy (non-hydrogen) atoms. The molecular formula is C22H26N2O5. The van der Waals surface area contributed by atoms with Crippen LogP contribution in [0.2, 0.25) is 0 Å². The number of ether oxygens (including phenoxy) is 3. The molecule has 0 bridgehead atoms. The Morgan fingerprint density at radius 2 is 1.55 bits per heavy atom. The van der Waals surface area contributed by atoms with Gasteiger partial charge in [0.05, 0.1) is 25.5 Å². The van der Waals surface area contributed by atoms with E-state index in [2.05, 4.69) is 5.32 Å². The normalized spacial score (nSPS) is 13.5. The number of benzene rings is 2. The van der Waals surface area contributed by atoms with E-state index >= 15 is 0 Å². The van der Waals surface area contributed by atoms with Gasteiger partial charge in [0, 0.05) is 31.3 Å². The smallest absolute Gasteiger partial charge is 0.262 e. The number of carbonyl (C=O) groups is 2. The van der Waals surface area contributed by atoms with Gasteiger partial charge < -0.3 is 24.4 Å². The van der Waals surface area contributed by atoms with Crippen molar-refractivity contribution in [2.45, 2.75) is 19.3 Å². The second-order valence-electron chi connectivity index (χ2n) is 6.78. The van der Waals surface area contributed by atoms with Crippen molar-refractivity contribution in [3.8, 4) is 17.2 Å². The summed E-state index contributed by atoms with van der Waals surface area (Å²) >= 11 is 0. The number of methoxy groups -OCH3 is 2. The van der Waals surface area contributed by atoms with Gasteiger partial charge in [-0.1, -0.05) is 12.1 Å². The summed E-state index contributed by atoms with van der Waals surface area (Å²) in [5.41, 5.74) is 0.977. The zero-order valence-corrected chi connectivity index (χ0v) is 16.8. The number of rotatable bonds is 7. The minimum atomic E-state index is -0.356. The van der Waals surface area contributed by atoms with Gasteiger partial charge in [-0.05, 0) is 31.4 Å². The molecule has 1 saturated heterocycles. The Morgan fingerprint density at radius 1 is 0.931 bits per heavy atom. The maximum atomic E-state index is 12.8. The first-order valence-corrected chi connectivity index (χ1v) is 9.64. The summed E-state index contributed by atoms with van der Waals surface area (Å²) in [6.07, 6.45) is 3.17. The third-order valence-corrected chi connectivity index (χ3v) is 4.77. The lowest BCUT2D eigenvalue weighted by Gasteiger charge is -2.27. The van der Waals surface area contributed by atoms with Crippen molar-refractivity contribution in [2.24, 2.45) is 0 Å². The molecule has 3 rings (SSSR count). The molecule has 1 N–H and O–H groups in total. The van der Waals surface area contributed by atoms with Gasteiger partial charge in [-0.3, -0.25) is 9.59 Å². The maximum Gasteiger partial charge on any atom is 0.262 e. The molecule has 2 amide bonds. The van der Waals surface area contributed by atoms with Crippen LogP contribution in [0.4, 0.5) is 5.69 Å². The summed E-state index contributed by atoms with van der Waals surface area (Å²) in [7, 11) is 3.09. The Labute approximate surface area is 170 Å². The molecule has 154 valence electrons. The van der Waals surface area contributed by atoms with Crippen LogP contribution >= 0.6 is 0 Å². The van der Waals surface area contributed by atoms with E-state index in [0.717, 1.165) is 32.4 Å². The number of nitrogens with one attached hydrogen (secondary N) is 1. The van der Waals surface area contributed by atoms with Gasteiger partial charge >= 0.3 is 0 Å². The van der Waals surface area contributed by atoms with Crippen LogP contribution in [-0.4, -0.2) is 50.6 Å². The fourth-order valence-electron chi connectivity index (χ4n) is 3.25. The third-order valence-electron chi connectivity index (χ3n) is 4.77. The van der Waals surface area contributed by atoms with Crippen molar-refractivity contribution in [1.82, 2.24) is 4.90 Å². The van der Waals surface area contributed by atoms with Crippen LogP contribution in [0.1, 0.15) is 29.6 Å². The van der Waals surface area contributed by atoms with Gasteiger partial charge in [-0.2, -0.15) is 0 Å². The largest absolute Gasteiger partial charge is 0.496 e. The Balaban J connectivity index is 1.65. The minimum absolute atomic E-state index is 0.0564. The van der Waals surface area contributed by atoms with Crippen molar-refractivity contribution in [1.29, 1.82) is 0 Å². The van der Waals surface area contributed by atoms with Crippen molar-refractivity contribution in [3.05, 3.63) is 48.0 Å². The number of hydrogen-bond acceptors (Lipinski definition) is 5. The Hall–Kier alpha value is -3.22. The molecule has 0 atom stereocenters. The van der Waals surface area contributed by atoms with Crippen molar-refractivity contribution < 1.29 is 23.8 Å². The van der Waals surface area contributed by atoms with E-state index in [-0.39, 0.29) is 18.4 Å². The van der Waals surface area contributed by atoms with Crippen molar-refractivity contribution in [3.63, 3.8) is 0 Å². The molecule has 1 heterocycles. The lowest BCUT2D eigenvalue weighted by atomic mass is 10.1. The minimum Gasteiger partial charge on any atom is -0.496 e. The van der Waals surface area contributed by atoms with E-state index in [9.17, 15) is 9.59 Å². The van der Waals surface area contributed by atoms with Gasteiger partial charge in [0.15, 0.2) is 6.61 Å². The second kappa shape index (κ2) is 9.82. The number of hydrogen-bond donors (Lipinski definition) is 1. The molecule has 1 fully saturated rings. The maximum absolute atomic E-state index is 12.8. The number of piperidine rings is 1. The van der Waals surface area contributed by atoms with Crippen LogP contribution in [0.15, 0.2) is 42.5 Å². The number of para-hydroxylation sites is 1. The van der Waals surface area contributed by atoms with Crippen LogP contribution in [0.5, 0.6) is 17.2 Å². The Bertz CT molecular complexity index is 840. The fraction of sp³-hybridized carbons (Fsp3) is 0.364. The molecule has 7 nitrogen and oxygen atoms in total. The summed E-state index contributed by atoms with van der Waals surface area (Å²) < 4.78 is 16.0. The topological polar surface area (TPSA) is 77.1 Å². The van der Waals surface area contributed by atoms with E-state index in [1.54, 1.807) is 56.7 Å². The second-order valence-corrected chi connectivity index (χ2v) is 6.78. The molecule has 2 aromatic carbocycles. The predicted molar refractivity (Wildman–Crippen MR) is 110 cm³/mol. The van der Waals surface area contributed by atoms with Crippen molar-refractivity contribution >= 4 is 17.5 Å². The number of likely N-dealkylation sites (tertiary alicyclic amines) is 1. The van der Waals surface area contributed by atoms with Crippen LogP contribution in [-0.2, 0) is 4.79 Å². The van der Waals surface area contributed by atoms with Crippen LogP contribution < -0.4 is 19.5 Å². The van der Waals surface area contributed by atoms with E-state index in [0.29, 0.717) is 28.5 Å². The molecule has 1 aliphatic rings. The van der Waals surface area contributed by atoms with E-state index in [1.165, 1.54) is 0 Å². The predicted octanol–water partition coefficient (Wildman–Crippen LogP) is 3.35. The van der Waals surface area contributed by atoms with Crippen LogP contribution in [0, 0.1) is 0 Å². The monoisotopic (exact) mass is 398 g/mol. The summed E-state index contributed by atoms with van der Waals surface area (Å²) in [6.45, 7) is 1.30. The average molecular weight is 398 g/mol. The number of carbonyl (C=O) groups excluding carboxylic acids is 2. The highest BCUT2D eigenvalue weighted by molar-refractivity contribution is 6.04. The van der Waals surface area contributed by atoms with Gasteiger partial charge in [0.1, 0.15) is 17.2 Å². The molecule has 0 saturated carbocycles. The highest BCUT2D eigenvalue weighted by Crippen LogP contribution is 2.27. The molecular weight excluding hydrogens is 372 g/mol. The molecule has 0 radical (unpaired) electrons. The number of nitrogens with zero attached hydrogens (tertiary/aromatic N) is 1. The molecule has 2 aromatic rings. The average Bonchev–Trinajstić information content (AvgIpc) is 2.78. The molecule has 0 aromatic heterocycles. The first kappa shape index (κ1) is 20.5. The standard InChI is InChI=1S/C22H26N2O5/c1-27-16-12-17(28-2)14-18(13-16)29-15-21(25)23-20-9-5-4-8-19(20)22(26)24-10-6-3-7-11-24/h4-5,8-9,12-14H,3,6-7,10-11,15H2,1-2H3,(H,23,25). The van der Waals surface area contributed by atoms with Gasteiger partial charge in [0.2, 0.25) is 0 Å². The SMILES string of the molecule is COc1cc(OC)cc(OCC(=O)Nc2ccccc2C(=O)N2CCCCC2)c1. The third kappa shape index (κ3) is 5.40. The first-order chi connectivity index (χ1) is 14.1. The lowest BCUT2D eigenvalue weighted by Crippen LogP contribution is -2.36. The summed E-state index contributed by atoms with van der Waals surface area (Å²) in [6, 6.07) is 12.1. The molecule has 0 unspecified atom stereocenters. The van der Waals surface area contributed by atoms with Crippen LogP contribution in [0.25, 0.3) is 0 Å². The zero-order chi connectivity index (χ0) is 20.6. The van der Waals surface area contributed by atoms with Gasteiger partial charge in [-0.25, -0.2) is 0 Å². The molecule has 0 aliphatic carbocycles. The van der Waals surface area contributed by atoms with E-state index in [4.69, 9.17) is 14.2 Å². The quantitative estimate of drug-likeness (QED) is 0.774. The number of anilines is 1. The lowest BCUT2D eigenvalue weighted by molar-refractivity contribution is -0.118. The van der Waals surface area contributed by atoms with Gasteiger partial charge in [-0.15, -0.1) is 0 Å². The van der Waals surface area contributed by atoms with E-state index in [1.807, 2.05) is 4.90 Å². The summed E-state index contributed by atoms with van der Waals surface area (Å²) in [5, 5.41) is 2.78. The molecule has 1 aliphatic heterocycles. The number of amides is 2. The molecule has 0 spiro atoms. The van der Waals surface area contributed by atoms with E-state index < -0.39 is 0 Å². The molecule has 7 heteroatoms. The summed E-state index contributed by atoms with van der Waals surface area (Å²) in [5.74, 6) is 1.17.